The fourth-order valence-corrected chi connectivity index (χ4v) is 1.80. The van der Waals surface area contributed by atoms with E-state index in [0.29, 0.717) is 11.7 Å². The van der Waals surface area contributed by atoms with Gasteiger partial charge in [-0.3, -0.25) is 0 Å². The van der Waals surface area contributed by atoms with Gasteiger partial charge in [-0.05, 0) is 43.4 Å². The second-order valence-electron chi connectivity index (χ2n) is 4.19. The summed E-state index contributed by atoms with van der Waals surface area (Å²) in [6, 6.07) is 7.68. The Labute approximate surface area is 85.8 Å². The highest BCUT2D eigenvalue weighted by Gasteiger charge is 2.06. The summed E-state index contributed by atoms with van der Waals surface area (Å²) in [5.41, 5.74) is 6.91. The molecule has 0 aromatic heterocycles. The molecule has 0 bridgehead atoms. The molecular weight excluding hydrogens is 174 g/mol. The van der Waals surface area contributed by atoms with Crippen LogP contribution in [0.4, 0.5) is 0 Å². The van der Waals surface area contributed by atoms with Crippen LogP contribution >= 0.6 is 0 Å². The summed E-state index contributed by atoms with van der Waals surface area (Å²) >= 11 is 0. The molecule has 2 unspecified atom stereocenters. The molecule has 0 fully saturated rings. The SMILES string of the molecule is CC(N)CC(C)Cc1cccc(O)c1. The molecule has 0 amide bonds. The van der Waals surface area contributed by atoms with E-state index >= 15 is 0 Å². The smallest absolute Gasteiger partial charge is 0.115 e. The Morgan fingerprint density at radius 3 is 2.64 bits per heavy atom. The van der Waals surface area contributed by atoms with Crippen LogP contribution in [0.2, 0.25) is 0 Å². The van der Waals surface area contributed by atoms with Crippen molar-refractivity contribution in [2.45, 2.75) is 32.7 Å². The van der Waals surface area contributed by atoms with E-state index in [4.69, 9.17) is 5.73 Å². The van der Waals surface area contributed by atoms with Crippen molar-refractivity contribution in [3.8, 4) is 5.75 Å². The number of aromatic hydroxyl groups is 1. The van der Waals surface area contributed by atoms with Crippen molar-refractivity contribution in [3.05, 3.63) is 29.8 Å². The lowest BCUT2D eigenvalue weighted by Gasteiger charge is -2.13. The van der Waals surface area contributed by atoms with E-state index in [9.17, 15) is 5.11 Å². The van der Waals surface area contributed by atoms with Crippen molar-refractivity contribution in [2.75, 3.05) is 0 Å². The first-order chi connectivity index (χ1) is 6.58. The lowest BCUT2D eigenvalue weighted by Crippen LogP contribution is -2.19. The standard InChI is InChI=1S/C12H19NO/c1-9(6-10(2)13)7-11-4-3-5-12(14)8-11/h3-5,8-10,14H,6-7,13H2,1-2H3. The Kier molecular flexibility index (Phi) is 3.96. The van der Waals surface area contributed by atoms with Crippen molar-refractivity contribution >= 4 is 0 Å². The lowest BCUT2D eigenvalue weighted by atomic mass is 9.95. The van der Waals surface area contributed by atoms with Gasteiger partial charge in [0.15, 0.2) is 0 Å². The van der Waals surface area contributed by atoms with Crippen molar-refractivity contribution in [1.82, 2.24) is 0 Å². The van der Waals surface area contributed by atoms with Crippen LogP contribution in [0.1, 0.15) is 25.8 Å². The summed E-state index contributed by atoms with van der Waals surface area (Å²) in [6.07, 6.45) is 2.01. The topological polar surface area (TPSA) is 46.2 Å². The molecule has 0 aliphatic carbocycles. The van der Waals surface area contributed by atoms with Gasteiger partial charge in [-0.1, -0.05) is 19.1 Å². The third-order valence-corrected chi connectivity index (χ3v) is 2.27. The maximum atomic E-state index is 9.28. The largest absolute Gasteiger partial charge is 0.508 e. The Balaban J connectivity index is 2.51. The molecular formula is C12H19NO. The Morgan fingerprint density at radius 2 is 2.07 bits per heavy atom. The van der Waals surface area contributed by atoms with Crippen molar-refractivity contribution < 1.29 is 5.11 Å². The summed E-state index contributed by atoms with van der Waals surface area (Å²) in [7, 11) is 0. The molecule has 0 heterocycles. The molecule has 0 saturated heterocycles. The average molecular weight is 193 g/mol. The predicted octanol–water partition coefficient (Wildman–Crippen LogP) is 2.31. The summed E-state index contributed by atoms with van der Waals surface area (Å²) in [6.45, 7) is 4.21. The number of hydrogen-bond acceptors (Lipinski definition) is 2. The molecule has 3 N–H and O–H groups in total. The van der Waals surface area contributed by atoms with E-state index in [2.05, 4.69) is 6.92 Å². The Bertz CT molecular complexity index is 283. The molecule has 0 aliphatic heterocycles. The van der Waals surface area contributed by atoms with Crippen LogP contribution < -0.4 is 5.73 Å². The minimum absolute atomic E-state index is 0.252. The third kappa shape index (κ3) is 3.79. The minimum Gasteiger partial charge on any atom is -0.508 e. The van der Waals surface area contributed by atoms with Crippen LogP contribution in [0.3, 0.4) is 0 Å². The molecule has 0 saturated carbocycles. The van der Waals surface area contributed by atoms with Crippen LogP contribution in [-0.4, -0.2) is 11.1 Å². The number of phenolic OH excluding ortho intramolecular Hbond substituents is 1. The summed E-state index contributed by atoms with van der Waals surface area (Å²) in [5.74, 6) is 0.910. The summed E-state index contributed by atoms with van der Waals surface area (Å²) in [5, 5.41) is 9.28. The number of hydrogen-bond donors (Lipinski definition) is 2. The van der Waals surface area contributed by atoms with Gasteiger partial charge in [-0.25, -0.2) is 0 Å². The summed E-state index contributed by atoms with van der Waals surface area (Å²) in [4.78, 5) is 0. The van der Waals surface area contributed by atoms with Crippen LogP contribution in [0.5, 0.6) is 5.75 Å². The van der Waals surface area contributed by atoms with Gasteiger partial charge < -0.3 is 10.8 Å². The first-order valence-corrected chi connectivity index (χ1v) is 5.11. The lowest BCUT2D eigenvalue weighted by molar-refractivity contribution is 0.466. The molecule has 2 nitrogen and oxygen atoms in total. The number of benzene rings is 1. The average Bonchev–Trinajstić information content (AvgIpc) is 2.01. The van der Waals surface area contributed by atoms with Crippen LogP contribution in [-0.2, 0) is 6.42 Å². The molecule has 1 aromatic carbocycles. The number of nitrogens with two attached hydrogens (primary N) is 1. The fraction of sp³-hybridized carbons (Fsp3) is 0.500. The Hall–Kier alpha value is -1.02. The normalized spacial score (nSPS) is 15.1. The van der Waals surface area contributed by atoms with E-state index in [-0.39, 0.29) is 6.04 Å². The van der Waals surface area contributed by atoms with Crippen LogP contribution in [0, 0.1) is 5.92 Å². The van der Waals surface area contributed by atoms with Gasteiger partial charge >= 0.3 is 0 Å². The van der Waals surface area contributed by atoms with Gasteiger partial charge in [0, 0.05) is 6.04 Å². The van der Waals surface area contributed by atoms with E-state index < -0.39 is 0 Å². The molecule has 0 aliphatic rings. The van der Waals surface area contributed by atoms with Gasteiger partial charge in [0.25, 0.3) is 0 Å². The zero-order valence-corrected chi connectivity index (χ0v) is 8.90. The maximum absolute atomic E-state index is 9.28. The molecule has 78 valence electrons. The van der Waals surface area contributed by atoms with Gasteiger partial charge in [-0.15, -0.1) is 0 Å². The zero-order valence-electron chi connectivity index (χ0n) is 8.90. The van der Waals surface area contributed by atoms with Crippen molar-refractivity contribution in [1.29, 1.82) is 0 Å². The molecule has 0 radical (unpaired) electrons. The van der Waals surface area contributed by atoms with E-state index in [1.54, 1.807) is 6.07 Å². The van der Waals surface area contributed by atoms with E-state index in [1.165, 1.54) is 5.56 Å². The Morgan fingerprint density at radius 1 is 1.36 bits per heavy atom. The molecule has 1 rings (SSSR count). The van der Waals surface area contributed by atoms with E-state index in [0.717, 1.165) is 12.8 Å². The fourth-order valence-electron chi connectivity index (χ4n) is 1.80. The third-order valence-electron chi connectivity index (χ3n) is 2.27. The van der Waals surface area contributed by atoms with Gasteiger partial charge in [0.1, 0.15) is 5.75 Å². The first kappa shape index (κ1) is 11.1. The molecule has 2 heteroatoms. The molecule has 2 atom stereocenters. The number of phenols is 1. The molecule has 0 spiro atoms. The van der Waals surface area contributed by atoms with Gasteiger partial charge in [-0.2, -0.15) is 0 Å². The zero-order chi connectivity index (χ0) is 10.6. The number of rotatable bonds is 4. The minimum atomic E-state index is 0.252. The van der Waals surface area contributed by atoms with E-state index in [1.807, 2.05) is 25.1 Å². The highest BCUT2D eigenvalue weighted by atomic mass is 16.3. The van der Waals surface area contributed by atoms with Crippen molar-refractivity contribution in [3.63, 3.8) is 0 Å². The first-order valence-electron chi connectivity index (χ1n) is 5.11. The van der Waals surface area contributed by atoms with Crippen LogP contribution in [0.25, 0.3) is 0 Å². The highest BCUT2D eigenvalue weighted by Crippen LogP contribution is 2.16. The summed E-state index contributed by atoms with van der Waals surface area (Å²) < 4.78 is 0. The van der Waals surface area contributed by atoms with Gasteiger partial charge in [0.05, 0.1) is 0 Å². The predicted molar refractivity (Wildman–Crippen MR) is 59.2 cm³/mol. The maximum Gasteiger partial charge on any atom is 0.115 e. The molecule has 1 aromatic rings. The van der Waals surface area contributed by atoms with Gasteiger partial charge in [0.2, 0.25) is 0 Å². The van der Waals surface area contributed by atoms with Crippen molar-refractivity contribution in [2.24, 2.45) is 11.7 Å². The molecule has 14 heavy (non-hydrogen) atoms. The van der Waals surface area contributed by atoms with Crippen LogP contribution in [0.15, 0.2) is 24.3 Å². The highest BCUT2D eigenvalue weighted by molar-refractivity contribution is 5.27. The second-order valence-corrected chi connectivity index (χ2v) is 4.19. The quantitative estimate of drug-likeness (QED) is 0.770. The monoisotopic (exact) mass is 193 g/mol. The second kappa shape index (κ2) is 5.01.